The van der Waals surface area contributed by atoms with E-state index in [-0.39, 0.29) is 76.6 Å². The quantitative estimate of drug-likeness (QED) is 0.182. The summed E-state index contributed by atoms with van der Waals surface area (Å²) < 4.78 is 30.6. The van der Waals surface area contributed by atoms with Crippen LogP contribution < -0.4 is 16.4 Å². The predicted octanol–water partition coefficient (Wildman–Crippen LogP) is 0.390. The highest BCUT2D eigenvalue weighted by Crippen LogP contribution is 2.32. The van der Waals surface area contributed by atoms with Crippen LogP contribution >= 0.6 is 0 Å². The van der Waals surface area contributed by atoms with Crippen molar-refractivity contribution < 1.29 is 42.6 Å². The molecule has 0 spiro atoms. The number of ether oxygens (including phenoxy) is 3. The van der Waals surface area contributed by atoms with Crippen LogP contribution in [-0.4, -0.2) is 106 Å². The average molecular weight is 588 g/mol. The molecule has 14 heteroatoms. The Kier molecular flexibility index (Phi) is 10.5. The van der Waals surface area contributed by atoms with Crippen molar-refractivity contribution in [1.29, 1.82) is 0 Å². The van der Waals surface area contributed by atoms with Gasteiger partial charge in [-0.25, -0.2) is 4.39 Å². The molecule has 226 valence electrons. The van der Waals surface area contributed by atoms with Crippen molar-refractivity contribution in [1.82, 2.24) is 10.2 Å². The third-order valence-electron chi connectivity index (χ3n) is 7.13. The Morgan fingerprint density at radius 3 is 2.55 bits per heavy atom. The number of carbonyl (C=O) groups is 5. The molecule has 3 unspecified atom stereocenters. The highest BCUT2D eigenvalue weighted by atomic mass is 19.1. The summed E-state index contributed by atoms with van der Waals surface area (Å²) in [5, 5.41) is 5.27. The summed E-state index contributed by atoms with van der Waals surface area (Å²) in [6.45, 7) is 1.51. The van der Waals surface area contributed by atoms with E-state index in [2.05, 4.69) is 15.6 Å². The van der Waals surface area contributed by atoms with E-state index in [1.165, 1.54) is 6.07 Å². The zero-order valence-corrected chi connectivity index (χ0v) is 23.0. The van der Waals surface area contributed by atoms with E-state index in [0.717, 1.165) is 4.90 Å². The summed E-state index contributed by atoms with van der Waals surface area (Å²) >= 11 is 0. The van der Waals surface area contributed by atoms with Gasteiger partial charge in [-0.05, 0) is 24.6 Å². The Hall–Kier alpha value is -4.01. The van der Waals surface area contributed by atoms with Crippen molar-refractivity contribution >= 4 is 41.4 Å². The number of fused-ring (bicyclic) bond motifs is 1. The first-order valence-corrected chi connectivity index (χ1v) is 13.7. The summed E-state index contributed by atoms with van der Waals surface area (Å²) in [4.78, 5) is 66.4. The maximum absolute atomic E-state index is 14.4. The number of rotatable bonds is 16. The molecule has 13 nitrogen and oxygen atoms in total. The first-order chi connectivity index (χ1) is 20.2. The van der Waals surface area contributed by atoms with E-state index < -0.39 is 47.2 Å². The number of hydrogen-bond acceptors (Lipinski definition) is 10. The topological polar surface area (TPSA) is 179 Å². The SMILES string of the molecule is NC(=O)C1(CC(F)COCCOCCOCCNc2cccc3c2C(=O)N(C2CCC(=O)NC2=O)C3=O)C=CC=NC1. The molecular weight excluding hydrogens is 553 g/mol. The van der Waals surface area contributed by atoms with Gasteiger partial charge in [-0.15, -0.1) is 0 Å². The first-order valence-electron chi connectivity index (χ1n) is 13.7. The van der Waals surface area contributed by atoms with Crippen LogP contribution in [0.3, 0.4) is 0 Å². The lowest BCUT2D eigenvalue weighted by molar-refractivity contribution is -0.136. The minimum absolute atomic E-state index is 0.0499. The number of primary amides is 1. The van der Waals surface area contributed by atoms with Crippen molar-refractivity contribution in [3.63, 3.8) is 0 Å². The minimum atomic E-state index is -1.38. The van der Waals surface area contributed by atoms with Crippen molar-refractivity contribution in [2.75, 3.05) is 58.0 Å². The number of piperidine rings is 1. The normalized spacial score (nSPS) is 22.3. The molecule has 1 aromatic rings. The van der Waals surface area contributed by atoms with Gasteiger partial charge < -0.3 is 25.3 Å². The van der Waals surface area contributed by atoms with Gasteiger partial charge in [-0.1, -0.05) is 12.1 Å². The average Bonchev–Trinajstić information content (AvgIpc) is 3.22. The van der Waals surface area contributed by atoms with Gasteiger partial charge in [0.1, 0.15) is 12.2 Å². The molecule has 5 amide bonds. The van der Waals surface area contributed by atoms with Crippen molar-refractivity contribution in [2.24, 2.45) is 16.1 Å². The Balaban J connectivity index is 1.09. The molecule has 3 aliphatic heterocycles. The number of nitrogens with two attached hydrogens (primary N) is 1. The number of nitrogens with one attached hydrogen (secondary N) is 2. The van der Waals surface area contributed by atoms with Crippen LogP contribution in [0.25, 0.3) is 0 Å². The number of carbonyl (C=O) groups excluding carboxylic acids is 5. The summed E-state index contributed by atoms with van der Waals surface area (Å²) in [6, 6.07) is 3.80. The lowest BCUT2D eigenvalue weighted by Gasteiger charge is -2.28. The van der Waals surface area contributed by atoms with E-state index in [1.807, 2.05) is 0 Å². The zero-order valence-electron chi connectivity index (χ0n) is 23.0. The van der Waals surface area contributed by atoms with E-state index in [4.69, 9.17) is 19.9 Å². The maximum Gasteiger partial charge on any atom is 0.264 e. The smallest absolute Gasteiger partial charge is 0.264 e. The fourth-order valence-electron chi connectivity index (χ4n) is 4.97. The Bertz CT molecular complexity index is 1270. The number of benzene rings is 1. The molecule has 1 fully saturated rings. The summed E-state index contributed by atoms with van der Waals surface area (Å²) in [7, 11) is 0. The predicted molar refractivity (Wildman–Crippen MR) is 148 cm³/mol. The maximum atomic E-state index is 14.4. The number of aliphatic imine (C=N–C) groups is 1. The van der Waals surface area contributed by atoms with Gasteiger partial charge in [0.05, 0.1) is 62.7 Å². The second kappa shape index (κ2) is 14.2. The standard InChI is InChI=1S/C28H34FN5O8/c29-18(15-28(27(30)39)7-2-8-31-17-28)16-42-14-13-41-12-11-40-10-9-32-20-4-1-3-19-23(20)26(38)34(25(19)37)21-5-6-22(35)33-24(21)36/h1-4,7-8,18,21,32H,5-6,9-17H2,(H2,30,39)(H,33,35,36). The number of halogens is 1. The molecule has 4 N–H and O–H groups in total. The fourth-order valence-corrected chi connectivity index (χ4v) is 4.97. The van der Waals surface area contributed by atoms with Gasteiger partial charge in [0, 0.05) is 31.3 Å². The van der Waals surface area contributed by atoms with Gasteiger partial charge in [0.25, 0.3) is 11.8 Å². The molecule has 42 heavy (non-hydrogen) atoms. The van der Waals surface area contributed by atoms with Gasteiger partial charge >= 0.3 is 0 Å². The van der Waals surface area contributed by atoms with Crippen LogP contribution in [-0.2, 0) is 28.6 Å². The van der Waals surface area contributed by atoms with Crippen molar-refractivity contribution in [3.05, 3.63) is 41.5 Å². The van der Waals surface area contributed by atoms with Crippen LogP contribution in [0.5, 0.6) is 0 Å². The van der Waals surface area contributed by atoms with Crippen molar-refractivity contribution in [2.45, 2.75) is 31.5 Å². The molecule has 4 rings (SSSR count). The fraction of sp³-hybridized carbons (Fsp3) is 0.500. The number of amides is 5. The van der Waals surface area contributed by atoms with E-state index >= 15 is 0 Å². The van der Waals surface area contributed by atoms with Crippen molar-refractivity contribution in [3.8, 4) is 0 Å². The van der Waals surface area contributed by atoms with Crippen LogP contribution in [0, 0.1) is 5.41 Å². The summed E-state index contributed by atoms with van der Waals surface area (Å²) in [5.41, 5.74) is 5.13. The van der Waals surface area contributed by atoms with Gasteiger partial charge in [-0.2, -0.15) is 0 Å². The molecule has 0 bridgehead atoms. The van der Waals surface area contributed by atoms with E-state index in [1.54, 1.807) is 30.5 Å². The lowest BCUT2D eigenvalue weighted by atomic mass is 9.80. The number of dihydropyridines is 1. The first kappa shape index (κ1) is 30.9. The Morgan fingerprint density at radius 2 is 1.86 bits per heavy atom. The van der Waals surface area contributed by atoms with Crippen LogP contribution in [0.2, 0.25) is 0 Å². The summed E-state index contributed by atoms with van der Waals surface area (Å²) in [6.07, 6.45) is 3.36. The molecule has 3 atom stereocenters. The highest BCUT2D eigenvalue weighted by Gasteiger charge is 2.45. The molecule has 1 saturated heterocycles. The zero-order chi connectivity index (χ0) is 30.1. The number of imide groups is 2. The third kappa shape index (κ3) is 7.24. The Morgan fingerprint density at radius 1 is 1.12 bits per heavy atom. The molecule has 3 heterocycles. The number of nitrogens with zero attached hydrogens (tertiary/aromatic N) is 2. The number of hydrogen-bond donors (Lipinski definition) is 3. The van der Waals surface area contributed by atoms with Crippen LogP contribution in [0.1, 0.15) is 40.0 Å². The van der Waals surface area contributed by atoms with Crippen LogP contribution in [0.15, 0.2) is 35.3 Å². The van der Waals surface area contributed by atoms with Gasteiger partial charge in [-0.3, -0.25) is 39.2 Å². The second-order valence-electron chi connectivity index (χ2n) is 10.1. The largest absolute Gasteiger partial charge is 0.382 e. The van der Waals surface area contributed by atoms with E-state index in [9.17, 15) is 28.4 Å². The monoisotopic (exact) mass is 587 g/mol. The molecule has 1 aromatic carbocycles. The molecule has 3 aliphatic rings. The molecule has 0 radical (unpaired) electrons. The number of alkyl halides is 1. The number of allylic oxidation sites excluding steroid dienone is 1. The highest BCUT2D eigenvalue weighted by molar-refractivity contribution is 6.25. The third-order valence-corrected chi connectivity index (χ3v) is 7.13. The molecular formula is C28H34FN5O8. The minimum Gasteiger partial charge on any atom is -0.382 e. The molecule has 0 aliphatic carbocycles. The van der Waals surface area contributed by atoms with Gasteiger partial charge in [0.15, 0.2) is 0 Å². The lowest BCUT2D eigenvalue weighted by Crippen LogP contribution is -2.54. The van der Waals surface area contributed by atoms with Crippen LogP contribution in [0.4, 0.5) is 10.1 Å². The number of anilines is 1. The molecule has 0 aromatic heterocycles. The molecule has 0 saturated carbocycles. The van der Waals surface area contributed by atoms with Gasteiger partial charge in [0.2, 0.25) is 17.7 Å². The summed E-state index contributed by atoms with van der Waals surface area (Å²) in [5.74, 6) is -2.87. The van der Waals surface area contributed by atoms with E-state index in [0.29, 0.717) is 12.2 Å². The Labute approximate surface area is 241 Å². The second-order valence-corrected chi connectivity index (χ2v) is 10.1.